The van der Waals surface area contributed by atoms with Crippen molar-refractivity contribution >= 4 is 33.9 Å². The highest BCUT2D eigenvalue weighted by Gasteiger charge is 2.26. The number of benzene rings is 2. The smallest absolute Gasteiger partial charge is 0.323 e. The van der Waals surface area contributed by atoms with Gasteiger partial charge in [0, 0.05) is 12.1 Å². The summed E-state index contributed by atoms with van der Waals surface area (Å²) < 4.78 is 26.9. The molecule has 0 fully saturated rings. The van der Waals surface area contributed by atoms with Crippen LogP contribution in [0.4, 0.5) is 0 Å². The zero-order chi connectivity index (χ0) is 24.4. The number of carbonyl (C=O) groups is 2. The van der Waals surface area contributed by atoms with Gasteiger partial charge in [-0.1, -0.05) is 41.6 Å². The fraction of sp³-hybridized carbons (Fsp3) is 0.238. The molecule has 0 unspecified atom stereocenters. The number of amides is 1. The monoisotopic (exact) mass is 475 g/mol. The topological polar surface area (TPSA) is 184 Å². The number of sulfonamides is 1. The Morgan fingerprint density at radius 2 is 1.94 bits per heavy atom. The van der Waals surface area contributed by atoms with E-state index >= 15 is 0 Å². The van der Waals surface area contributed by atoms with Gasteiger partial charge < -0.3 is 21.0 Å². The standard InChI is InChI=1S/C21H25N5O6S/c1-14-3-2-4-17(11-14)33(30,31)26-18(21(28)29)13-24-19(27)9-10-32-25-12-15-5-7-16(8-6-15)20(22)23/h2-8,11-12,18,26H,9-10,13H2,1H3,(H3,22,23)(H,24,27)(H,28,29)/b25-12+/t18-/m0/s1. The van der Waals surface area contributed by atoms with Gasteiger partial charge >= 0.3 is 5.97 Å². The molecular formula is C21H25N5O6S. The molecule has 0 aromatic heterocycles. The number of rotatable bonds is 12. The van der Waals surface area contributed by atoms with Gasteiger partial charge in [0.1, 0.15) is 18.5 Å². The van der Waals surface area contributed by atoms with Crippen molar-refractivity contribution in [3.05, 3.63) is 65.2 Å². The summed E-state index contributed by atoms with van der Waals surface area (Å²) in [4.78, 5) is 28.3. The van der Waals surface area contributed by atoms with E-state index in [1.165, 1.54) is 18.3 Å². The number of aryl methyl sites for hydroxylation is 1. The van der Waals surface area contributed by atoms with Gasteiger partial charge in [0.05, 0.1) is 17.5 Å². The molecular weight excluding hydrogens is 450 g/mol. The van der Waals surface area contributed by atoms with Crippen LogP contribution in [0, 0.1) is 12.3 Å². The van der Waals surface area contributed by atoms with Crippen LogP contribution in [0.5, 0.6) is 0 Å². The summed E-state index contributed by atoms with van der Waals surface area (Å²) in [5.74, 6) is -2.01. The molecule has 2 aromatic rings. The summed E-state index contributed by atoms with van der Waals surface area (Å²) in [6.07, 6.45) is 1.31. The number of nitrogens with one attached hydrogen (secondary N) is 3. The van der Waals surface area contributed by atoms with E-state index in [1.807, 2.05) is 0 Å². The summed E-state index contributed by atoms with van der Waals surface area (Å²) >= 11 is 0. The zero-order valence-electron chi connectivity index (χ0n) is 17.8. The number of nitrogen functional groups attached to an aromatic ring is 1. The van der Waals surface area contributed by atoms with Crippen LogP contribution in [0.2, 0.25) is 0 Å². The van der Waals surface area contributed by atoms with E-state index < -0.39 is 34.5 Å². The molecule has 0 radical (unpaired) electrons. The van der Waals surface area contributed by atoms with Crippen molar-refractivity contribution in [2.45, 2.75) is 24.3 Å². The molecule has 0 spiro atoms. The number of aliphatic carboxylic acids is 1. The van der Waals surface area contributed by atoms with Gasteiger partial charge in [-0.2, -0.15) is 4.72 Å². The maximum Gasteiger partial charge on any atom is 0.323 e. The van der Waals surface area contributed by atoms with Gasteiger partial charge in [0.25, 0.3) is 0 Å². The number of carboxylic acid groups (broad SMARTS) is 1. The molecule has 2 aromatic carbocycles. The number of hydrogen-bond acceptors (Lipinski definition) is 7. The Hall–Kier alpha value is -3.77. The van der Waals surface area contributed by atoms with E-state index in [0.717, 1.165) is 0 Å². The average Bonchev–Trinajstić information content (AvgIpc) is 2.76. The number of oxime groups is 1. The zero-order valence-corrected chi connectivity index (χ0v) is 18.6. The normalized spacial score (nSPS) is 12.3. The number of nitrogens with zero attached hydrogens (tertiary/aromatic N) is 1. The first-order valence-electron chi connectivity index (χ1n) is 9.77. The molecule has 2 rings (SSSR count). The molecule has 11 nitrogen and oxygen atoms in total. The third kappa shape index (κ3) is 8.35. The van der Waals surface area contributed by atoms with Gasteiger partial charge in [0.2, 0.25) is 15.9 Å². The molecule has 33 heavy (non-hydrogen) atoms. The van der Waals surface area contributed by atoms with Gasteiger partial charge in [-0.15, -0.1) is 0 Å². The Labute approximate surface area is 191 Å². The molecule has 0 heterocycles. The molecule has 12 heteroatoms. The molecule has 176 valence electrons. The van der Waals surface area contributed by atoms with Crippen LogP contribution in [-0.2, 0) is 24.4 Å². The summed E-state index contributed by atoms with van der Waals surface area (Å²) in [6, 6.07) is 11.2. The first kappa shape index (κ1) is 25.5. The quantitative estimate of drug-likeness (QED) is 0.128. The second-order valence-electron chi connectivity index (χ2n) is 6.99. The van der Waals surface area contributed by atoms with Crippen molar-refractivity contribution in [1.82, 2.24) is 10.0 Å². The number of nitrogens with two attached hydrogens (primary N) is 1. The lowest BCUT2D eigenvalue weighted by molar-refractivity contribution is -0.138. The van der Waals surface area contributed by atoms with E-state index in [2.05, 4.69) is 15.2 Å². The third-order valence-electron chi connectivity index (χ3n) is 4.32. The predicted octanol–water partition coefficient (Wildman–Crippen LogP) is 0.568. The highest BCUT2D eigenvalue weighted by atomic mass is 32.2. The van der Waals surface area contributed by atoms with Gasteiger partial charge in [-0.25, -0.2) is 8.42 Å². The van der Waals surface area contributed by atoms with Crippen LogP contribution >= 0.6 is 0 Å². The molecule has 0 aliphatic heterocycles. The minimum atomic E-state index is -4.08. The molecule has 0 aliphatic carbocycles. The first-order chi connectivity index (χ1) is 15.6. The van der Waals surface area contributed by atoms with Crippen molar-refractivity contribution in [3.63, 3.8) is 0 Å². The average molecular weight is 476 g/mol. The molecule has 1 atom stereocenters. The SMILES string of the molecule is Cc1cccc(S(=O)(=O)N[C@@H](CNC(=O)CCO/N=C/c2ccc(C(=N)N)cc2)C(=O)O)c1. The molecule has 0 aliphatic rings. The Balaban J connectivity index is 1.79. The highest BCUT2D eigenvalue weighted by molar-refractivity contribution is 7.89. The van der Waals surface area contributed by atoms with Crippen LogP contribution in [0.25, 0.3) is 0 Å². The minimum absolute atomic E-state index is 0.0474. The number of hydrogen-bond donors (Lipinski definition) is 5. The number of carbonyl (C=O) groups excluding carboxylic acids is 1. The fourth-order valence-corrected chi connectivity index (χ4v) is 3.85. The highest BCUT2D eigenvalue weighted by Crippen LogP contribution is 2.11. The second-order valence-corrected chi connectivity index (χ2v) is 8.70. The summed E-state index contributed by atoms with van der Waals surface area (Å²) in [7, 11) is -4.08. The van der Waals surface area contributed by atoms with Crippen LogP contribution in [0.3, 0.4) is 0 Å². The Bertz CT molecular complexity index is 1130. The lowest BCUT2D eigenvalue weighted by atomic mass is 10.1. The molecule has 6 N–H and O–H groups in total. The van der Waals surface area contributed by atoms with E-state index in [-0.39, 0.29) is 23.8 Å². The van der Waals surface area contributed by atoms with Gasteiger partial charge in [-0.05, 0) is 30.2 Å². The van der Waals surface area contributed by atoms with Crippen molar-refractivity contribution in [2.75, 3.05) is 13.2 Å². The summed E-state index contributed by atoms with van der Waals surface area (Å²) in [6.45, 7) is 1.20. The largest absolute Gasteiger partial charge is 0.480 e. The number of carboxylic acids is 1. The van der Waals surface area contributed by atoms with E-state index in [0.29, 0.717) is 16.7 Å². The second kappa shape index (κ2) is 11.7. The fourth-order valence-electron chi connectivity index (χ4n) is 2.56. The maximum absolute atomic E-state index is 12.4. The van der Waals surface area contributed by atoms with Crippen LogP contribution in [0.1, 0.15) is 23.1 Å². The Morgan fingerprint density at radius 1 is 1.24 bits per heavy atom. The maximum atomic E-state index is 12.4. The minimum Gasteiger partial charge on any atom is -0.480 e. The Kier molecular flexibility index (Phi) is 9.07. The summed E-state index contributed by atoms with van der Waals surface area (Å²) in [5, 5.41) is 22.7. The van der Waals surface area contributed by atoms with Crippen LogP contribution in [0.15, 0.2) is 58.6 Å². The van der Waals surface area contributed by atoms with Crippen LogP contribution in [-0.4, -0.2) is 56.6 Å². The number of amidine groups is 1. The first-order valence-corrected chi connectivity index (χ1v) is 11.2. The van der Waals surface area contributed by atoms with Crippen molar-refractivity contribution in [1.29, 1.82) is 5.41 Å². The molecule has 0 saturated heterocycles. The summed E-state index contributed by atoms with van der Waals surface area (Å²) in [5.41, 5.74) is 7.36. The molecule has 1 amide bonds. The van der Waals surface area contributed by atoms with E-state index in [1.54, 1.807) is 43.3 Å². The van der Waals surface area contributed by atoms with Gasteiger partial charge in [-0.3, -0.25) is 15.0 Å². The van der Waals surface area contributed by atoms with Crippen molar-refractivity contribution in [2.24, 2.45) is 10.9 Å². The van der Waals surface area contributed by atoms with E-state index in [4.69, 9.17) is 16.0 Å². The molecule has 0 bridgehead atoms. The van der Waals surface area contributed by atoms with E-state index in [9.17, 15) is 23.1 Å². The predicted molar refractivity (Wildman–Crippen MR) is 122 cm³/mol. The van der Waals surface area contributed by atoms with Crippen molar-refractivity contribution in [3.8, 4) is 0 Å². The van der Waals surface area contributed by atoms with Crippen LogP contribution < -0.4 is 15.8 Å². The molecule has 0 saturated carbocycles. The lowest BCUT2D eigenvalue weighted by Gasteiger charge is -2.15. The van der Waals surface area contributed by atoms with Crippen molar-refractivity contribution < 1.29 is 28.0 Å². The lowest BCUT2D eigenvalue weighted by Crippen LogP contribution is -2.48. The Morgan fingerprint density at radius 3 is 2.55 bits per heavy atom. The third-order valence-corrected chi connectivity index (χ3v) is 5.79. The van der Waals surface area contributed by atoms with Gasteiger partial charge in [0.15, 0.2) is 0 Å².